The lowest BCUT2D eigenvalue weighted by molar-refractivity contribution is -0.115. The van der Waals surface area contributed by atoms with Crippen molar-refractivity contribution in [1.82, 2.24) is 5.32 Å². The molecule has 2 aromatic carbocycles. The van der Waals surface area contributed by atoms with E-state index >= 15 is 0 Å². The quantitative estimate of drug-likeness (QED) is 0.552. The Balaban J connectivity index is 1.86. The first-order valence-electron chi connectivity index (χ1n) is 6.65. The maximum absolute atomic E-state index is 12.1. The number of amides is 1. The van der Waals surface area contributed by atoms with Crippen molar-refractivity contribution in [3.63, 3.8) is 0 Å². The molecular weight excluding hydrogens is 480 g/mol. The minimum atomic E-state index is -0.215. The first-order valence-corrected chi connectivity index (χ1v) is 9.43. The number of thioether (sulfide) groups is 1. The molecule has 1 heterocycles. The second-order valence-electron chi connectivity index (χ2n) is 4.79. The van der Waals surface area contributed by atoms with E-state index in [1.54, 1.807) is 42.5 Å². The van der Waals surface area contributed by atoms with Gasteiger partial charge in [0.05, 0.1) is 19.5 Å². The van der Waals surface area contributed by atoms with Crippen molar-refractivity contribution in [1.29, 1.82) is 0 Å². The number of carbonyl (C=O) groups excluding carboxylic acids is 1. The molecule has 1 aliphatic heterocycles. The number of carbonyl (C=O) groups is 1. The monoisotopic (exact) mass is 486 g/mol. The number of amidine groups is 1. The molecule has 1 aliphatic rings. The van der Waals surface area contributed by atoms with Gasteiger partial charge in [0, 0.05) is 5.02 Å². The normalized spacial score (nSPS) is 17.5. The Morgan fingerprint density at radius 3 is 2.42 bits per heavy atom. The Labute approximate surface area is 164 Å². The molecule has 2 aromatic rings. The highest BCUT2D eigenvalue weighted by Crippen LogP contribution is 2.35. The lowest BCUT2D eigenvalue weighted by atomic mass is 10.2. The van der Waals surface area contributed by atoms with Gasteiger partial charge in [-0.1, -0.05) is 11.6 Å². The van der Waals surface area contributed by atoms with Crippen molar-refractivity contribution in [2.45, 2.75) is 0 Å². The van der Waals surface area contributed by atoms with Crippen LogP contribution in [-0.4, -0.2) is 16.2 Å². The van der Waals surface area contributed by atoms with Gasteiger partial charge in [-0.15, -0.1) is 0 Å². The molecule has 122 valence electrons. The van der Waals surface area contributed by atoms with Gasteiger partial charge in [-0.2, -0.15) is 0 Å². The molecule has 2 N–H and O–H groups in total. The summed E-state index contributed by atoms with van der Waals surface area (Å²) in [6, 6.07) is 10.5. The van der Waals surface area contributed by atoms with Gasteiger partial charge in [0.15, 0.2) is 5.17 Å². The number of rotatable bonds is 2. The largest absolute Gasteiger partial charge is 0.506 e. The number of hydrogen-bond acceptors (Lipinski definition) is 4. The molecule has 1 fully saturated rings. The summed E-state index contributed by atoms with van der Waals surface area (Å²) in [5.41, 5.74) is 1.48. The Kier molecular flexibility index (Phi) is 5.34. The summed E-state index contributed by atoms with van der Waals surface area (Å²) in [5, 5.41) is 13.6. The molecule has 1 amide bonds. The van der Waals surface area contributed by atoms with E-state index in [2.05, 4.69) is 42.2 Å². The fourth-order valence-corrected chi connectivity index (χ4v) is 4.12. The van der Waals surface area contributed by atoms with Gasteiger partial charge in [-0.05, 0) is 91.7 Å². The molecule has 1 saturated heterocycles. The van der Waals surface area contributed by atoms with Crippen molar-refractivity contribution < 1.29 is 9.90 Å². The number of aliphatic imine (C=N–C) groups is 1. The predicted octanol–water partition coefficient (Wildman–Crippen LogP) is 5.46. The molecule has 0 saturated carbocycles. The average molecular weight is 489 g/mol. The minimum Gasteiger partial charge on any atom is -0.506 e. The molecule has 0 spiro atoms. The van der Waals surface area contributed by atoms with Crippen molar-refractivity contribution in [2.24, 2.45) is 4.99 Å². The smallest absolute Gasteiger partial charge is 0.264 e. The maximum Gasteiger partial charge on any atom is 0.264 e. The first-order chi connectivity index (χ1) is 11.4. The standard InChI is InChI=1S/C16H9Br2ClN2O2S/c17-11-5-8(6-12(18)14(11)22)7-13-15(23)21-16(24-13)20-10-3-1-9(19)2-4-10/h1-7,22H,(H,20,21,23)/b13-7+. The Hall–Kier alpha value is -1.28. The second kappa shape index (κ2) is 7.31. The van der Waals surface area contributed by atoms with Gasteiger partial charge in [-0.25, -0.2) is 4.99 Å². The highest BCUT2D eigenvalue weighted by atomic mass is 79.9. The molecular formula is C16H9Br2ClN2O2S. The van der Waals surface area contributed by atoms with Crippen molar-refractivity contribution in [2.75, 3.05) is 0 Å². The van der Waals surface area contributed by atoms with E-state index in [-0.39, 0.29) is 11.7 Å². The molecule has 24 heavy (non-hydrogen) atoms. The summed E-state index contributed by atoms with van der Waals surface area (Å²) in [6.07, 6.45) is 1.74. The lowest BCUT2D eigenvalue weighted by Crippen LogP contribution is -2.19. The van der Waals surface area contributed by atoms with Crippen LogP contribution in [0.3, 0.4) is 0 Å². The third kappa shape index (κ3) is 4.03. The summed E-state index contributed by atoms with van der Waals surface area (Å²) in [6.45, 7) is 0. The Morgan fingerprint density at radius 2 is 1.79 bits per heavy atom. The van der Waals surface area contributed by atoms with Crippen molar-refractivity contribution in [3.8, 4) is 5.75 Å². The van der Waals surface area contributed by atoms with Crippen LogP contribution in [0, 0.1) is 0 Å². The van der Waals surface area contributed by atoms with E-state index < -0.39 is 0 Å². The van der Waals surface area contributed by atoms with E-state index in [0.717, 1.165) is 5.56 Å². The Bertz CT molecular complexity index is 859. The SMILES string of the molecule is O=C1NC(=Nc2ccc(Cl)cc2)S/C1=C/c1cc(Br)c(O)c(Br)c1. The minimum absolute atomic E-state index is 0.116. The van der Waals surface area contributed by atoms with E-state index in [9.17, 15) is 9.90 Å². The first kappa shape index (κ1) is 17.5. The van der Waals surface area contributed by atoms with Gasteiger partial charge >= 0.3 is 0 Å². The number of aromatic hydroxyl groups is 1. The number of phenolic OH excluding ortho intramolecular Hbond substituents is 1. The highest BCUT2D eigenvalue weighted by Gasteiger charge is 2.24. The topological polar surface area (TPSA) is 61.7 Å². The molecule has 8 heteroatoms. The summed E-state index contributed by atoms with van der Waals surface area (Å²) in [7, 11) is 0. The maximum atomic E-state index is 12.1. The van der Waals surface area contributed by atoms with Crippen LogP contribution in [-0.2, 0) is 4.79 Å². The van der Waals surface area contributed by atoms with E-state index in [4.69, 9.17) is 11.6 Å². The zero-order valence-electron chi connectivity index (χ0n) is 11.9. The van der Waals surface area contributed by atoms with Crippen LogP contribution in [0.2, 0.25) is 5.02 Å². The number of nitrogens with one attached hydrogen (secondary N) is 1. The summed E-state index contributed by atoms with van der Waals surface area (Å²) >= 11 is 13.6. The predicted molar refractivity (Wildman–Crippen MR) is 106 cm³/mol. The molecule has 3 rings (SSSR count). The molecule has 0 unspecified atom stereocenters. The van der Waals surface area contributed by atoms with Gasteiger partial charge < -0.3 is 10.4 Å². The molecule has 0 aromatic heterocycles. The van der Waals surface area contributed by atoms with Crippen molar-refractivity contribution >= 4 is 78.1 Å². The van der Waals surface area contributed by atoms with Gasteiger partial charge in [0.1, 0.15) is 5.75 Å². The van der Waals surface area contributed by atoms with E-state index in [1.807, 2.05) is 0 Å². The number of hydrogen-bond donors (Lipinski definition) is 2. The molecule has 0 bridgehead atoms. The molecule has 0 atom stereocenters. The molecule has 0 radical (unpaired) electrons. The fraction of sp³-hybridized carbons (Fsp3) is 0. The summed E-state index contributed by atoms with van der Waals surface area (Å²) in [5.74, 6) is -0.0984. The molecule has 4 nitrogen and oxygen atoms in total. The number of halogens is 3. The summed E-state index contributed by atoms with van der Waals surface area (Å²) < 4.78 is 1.09. The fourth-order valence-electron chi connectivity index (χ4n) is 1.93. The van der Waals surface area contributed by atoms with Gasteiger partial charge in [0.2, 0.25) is 0 Å². The third-order valence-corrected chi connectivity index (χ3v) is 5.42. The number of phenols is 1. The van der Waals surface area contributed by atoms with Crippen LogP contribution >= 0.6 is 55.2 Å². The van der Waals surface area contributed by atoms with E-state index in [0.29, 0.717) is 29.7 Å². The van der Waals surface area contributed by atoms with Crippen LogP contribution in [0.5, 0.6) is 5.75 Å². The summed E-state index contributed by atoms with van der Waals surface area (Å²) in [4.78, 5) is 17.0. The zero-order chi connectivity index (χ0) is 17.3. The highest BCUT2D eigenvalue weighted by molar-refractivity contribution is 9.11. The average Bonchev–Trinajstić information content (AvgIpc) is 2.87. The lowest BCUT2D eigenvalue weighted by Gasteiger charge is -2.02. The van der Waals surface area contributed by atoms with Crippen LogP contribution in [0.4, 0.5) is 5.69 Å². The van der Waals surface area contributed by atoms with Crippen LogP contribution < -0.4 is 5.32 Å². The van der Waals surface area contributed by atoms with Gasteiger partial charge in [0.25, 0.3) is 5.91 Å². The second-order valence-corrected chi connectivity index (χ2v) is 7.97. The zero-order valence-corrected chi connectivity index (χ0v) is 16.6. The Morgan fingerprint density at radius 1 is 1.17 bits per heavy atom. The van der Waals surface area contributed by atoms with Crippen LogP contribution in [0.25, 0.3) is 6.08 Å². The van der Waals surface area contributed by atoms with E-state index in [1.165, 1.54) is 11.8 Å². The van der Waals surface area contributed by atoms with Crippen LogP contribution in [0.15, 0.2) is 55.2 Å². The third-order valence-electron chi connectivity index (χ3n) is 3.05. The van der Waals surface area contributed by atoms with Crippen molar-refractivity contribution in [3.05, 3.63) is 60.8 Å². The number of benzene rings is 2. The van der Waals surface area contributed by atoms with Gasteiger partial charge in [-0.3, -0.25) is 4.79 Å². The number of nitrogens with zero attached hydrogens (tertiary/aromatic N) is 1. The van der Waals surface area contributed by atoms with Crippen LogP contribution in [0.1, 0.15) is 5.56 Å². The molecule has 0 aliphatic carbocycles.